The van der Waals surface area contributed by atoms with Crippen molar-refractivity contribution in [3.63, 3.8) is 0 Å². The molecular weight excluding hydrogens is 288 g/mol. The van der Waals surface area contributed by atoms with E-state index in [-0.39, 0.29) is 0 Å². The second-order valence-electron chi connectivity index (χ2n) is 3.67. The van der Waals surface area contributed by atoms with E-state index in [4.69, 9.17) is 6.42 Å². The van der Waals surface area contributed by atoms with Crippen LogP contribution in [0.5, 0.6) is 0 Å². The van der Waals surface area contributed by atoms with Gasteiger partial charge in [0.25, 0.3) is 0 Å². The normalized spacial score (nSPS) is 6.71. The van der Waals surface area contributed by atoms with Crippen molar-refractivity contribution >= 4 is 0 Å². The van der Waals surface area contributed by atoms with Gasteiger partial charge in [-0.05, 0) is 26.0 Å². The maximum Gasteiger partial charge on any atom is 0.0242 e. The number of aryl methyl sites for hydroxylation is 2. The van der Waals surface area contributed by atoms with Crippen LogP contribution in [0, 0.1) is 26.2 Å². The topological polar surface area (TPSA) is 0 Å². The van der Waals surface area contributed by atoms with Gasteiger partial charge >= 0.3 is 0 Å². The van der Waals surface area contributed by atoms with E-state index in [1.54, 1.807) is 0 Å². The summed E-state index contributed by atoms with van der Waals surface area (Å²) in [6, 6.07) is 18.2. The fourth-order valence-corrected chi connectivity index (χ4v) is 1.18. The molecule has 2 rings (SSSR count). The quantitative estimate of drug-likeness (QED) is 0.429. The van der Waals surface area contributed by atoms with E-state index in [9.17, 15) is 0 Å². The van der Waals surface area contributed by atoms with E-state index < -0.39 is 0 Å². The van der Waals surface area contributed by atoms with E-state index >= 15 is 0 Å². The highest BCUT2D eigenvalue weighted by molar-refractivity contribution is 5.33. The minimum atomic E-state index is 0.945. The zero-order chi connectivity index (χ0) is 19.8. The highest BCUT2D eigenvalue weighted by Gasteiger charge is 1.82. The Labute approximate surface area is 153 Å². The third-order valence-corrected chi connectivity index (χ3v) is 2.16. The van der Waals surface area contributed by atoms with Crippen LogP contribution in [0.4, 0.5) is 0 Å². The molecule has 0 radical (unpaired) electrons. The molecule has 0 aliphatic rings. The fourth-order valence-electron chi connectivity index (χ4n) is 1.18. The maximum atomic E-state index is 5.15. The summed E-state index contributed by atoms with van der Waals surface area (Å²) in [5, 5.41) is 0. The molecule has 0 nitrogen and oxygen atoms in total. The maximum absolute atomic E-state index is 5.15. The average molecular weight is 329 g/mol. The molecule has 0 fully saturated rings. The van der Waals surface area contributed by atoms with Crippen molar-refractivity contribution in [1.82, 2.24) is 0 Å². The Kier molecular flexibility index (Phi) is 36.3. The van der Waals surface area contributed by atoms with Crippen molar-refractivity contribution in [1.29, 1.82) is 0 Å². The van der Waals surface area contributed by atoms with Crippen molar-refractivity contribution in [3.05, 3.63) is 71.3 Å². The lowest BCUT2D eigenvalue weighted by molar-refractivity contribution is 1.46. The zero-order valence-electron chi connectivity index (χ0n) is 17.8. The molecule has 0 saturated heterocycles. The van der Waals surface area contributed by atoms with Gasteiger partial charge in [-0.15, -0.1) is 6.42 Å². The molecule has 0 spiro atoms. The van der Waals surface area contributed by atoms with Gasteiger partial charge in [0.15, 0.2) is 0 Å². The largest absolute Gasteiger partial charge is 0.115 e. The summed E-state index contributed by atoms with van der Waals surface area (Å²) in [4.78, 5) is 0. The first kappa shape index (κ1) is 29.9. The molecule has 0 heteroatoms. The number of benzene rings is 2. The van der Waals surface area contributed by atoms with Crippen LogP contribution < -0.4 is 0 Å². The third-order valence-electron chi connectivity index (χ3n) is 2.16. The molecule has 0 atom stereocenters. The van der Waals surface area contributed by atoms with Gasteiger partial charge in [-0.25, -0.2) is 0 Å². The van der Waals surface area contributed by atoms with Crippen molar-refractivity contribution in [2.24, 2.45) is 0 Å². The number of terminal acetylenes is 1. The molecule has 0 amide bonds. The predicted octanol–water partition coefficient (Wildman–Crippen LogP) is 8.08. The van der Waals surface area contributed by atoms with Gasteiger partial charge in [0.05, 0.1) is 0 Å². The van der Waals surface area contributed by atoms with Crippen LogP contribution in [0.1, 0.15) is 72.1 Å². The van der Waals surface area contributed by atoms with Crippen LogP contribution in [0.25, 0.3) is 0 Å². The third kappa shape index (κ3) is 22.3. The lowest BCUT2D eigenvalue weighted by Gasteiger charge is -1.89. The lowest BCUT2D eigenvalue weighted by Crippen LogP contribution is -1.72. The van der Waals surface area contributed by atoms with Crippen molar-refractivity contribution in [2.75, 3.05) is 0 Å². The highest BCUT2D eigenvalue weighted by Crippen LogP contribution is 1.99. The molecule has 0 aromatic heterocycles. The summed E-state index contributed by atoms with van der Waals surface area (Å²) >= 11 is 0. The van der Waals surface area contributed by atoms with Gasteiger partial charge in [-0.3, -0.25) is 0 Å². The molecule has 2 aromatic rings. The van der Waals surface area contributed by atoms with Gasteiger partial charge in [0.2, 0.25) is 0 Å². The van der Waals surface area contributed by atoms with Crippen molar-refractivity contribution < 1.29 is 0 Å². The van der Waals surface area contributed by atoms with Gasteiger partial charge in [-0.1, -0.05) is 115 Å². The van der Waals surface area contributed by atoms with E-state index in [0.29, 0.717) is 0 Å². The Morgan fingerprint density at radius 3 is 1.12 bits per heavy atom. The smallest absolute Gasteiger partial charge is 0.0242 e. The van der Waals surface area contributed by atoms with Crippen LogP contribution in [-0.2, 0) is 0 Å². The summed E-state index contributed by atoms with van der Waals surface area (Å²) in [7, 11) is 0. The zero-order valence-corrected chi connectivity index (χ0v) is 17.8. The van der Waals surface area contributed by atoms with Crippen LogP contribution >= 0.6 is 0 Å². The first-order valence-corrected chi connectivity index (χ1v) is 9.27. The Hall–Kier alpha value is -2.00. The van der Waals surface area contributed by atoms with Gasteiger partial charge in [0, 0.05) is 5.56 Å². The fraction of sp³-hybridized carbons (Fsp3) is 0.417. The Balaban J connectivity index is -0.000000119. The number of hydrogen-bond donors (Lipinski definition) is 0. The first-order chi connectivity index (χ1) is 11.7. The monoisotopic (exact) mass is 328 g/mol. The minimum absolute atomic E-state index is 0.945. The lowest BCUT2D eigenvalue weighted by atomic mass is 10.2. The number of hydrogen-bond acceptors (Lipinski definition) is 0. The van der Waals surface area contributed by atoms with Gasteiger partial charge in [-0.2, -0.15) is 0 Å². The molecule has 2 aromatic carbocycles. The molecular formula is C24H40. The SMILES string of the molecule is C#Cc1ccc(C)cc1.CC.CC.CC.CC.Cc1ccccc1. The minimum Gasteiger partial charge on any atom is -0.115 e. The Morgan fingerprint density at radius 2 is 0.875 bits per heavy atom. The highest BCUT2D eigenvalue weighted by atomic mass is 13.9. The van der Waals surface area contributed by atoms with Crippen molar-refractivity contribution in [2.45, 2.75) is 69.2 Å². The van der Waals surface area contributed by atoms with Crippen LogP contribution in [0.2, 0.25) is 0 Å². The summed E-state index contributed by atoms with van der Waals surface area (Å²) in [6.07, 6.45) is 5.15. The predicted molar refractivity (Wildman–Crippen MR) is 116 cm³/mol. The van der Waals surface area contributed by atoms with Crippen LogP contribution in [0.3, 0.4) is 0 Å². The van der Waals surface area contributed by atoms with Crippen LogP contribution in [0.15, 0.2) is 54.6 Å². The summed E-state index contributed by atoms with van der Waals surface area (Å²) < 4.78 is 0. The van der Waals surface area contributed by atoms with Gasteiger partial charge < -0.3 is 0 Å². The summed E-state index contributed by atoms with van der Waals surface area (Å²) in [5.41, 5.74) is 3.51. The number of rotatable bonds is 0. The molecule has 0 N–H and O–H groups in total. The standard InChI is InChI=1S/C9H8.C7H8.4C2H6/c1-3-9-6-4-8(2)5-7-9;1-7-5-3-2-4-6-7;4*1-2/h1,4-7H,2H3;2-6H,1H3;4*1-2H3. The Bertz CT molecular complexity index is 444. The second kappa shape index (κ2) is 29.1. The van der Waals surface area contributed by atoms with Crippen molar-refractivity contribution in [3.8, 4) is 12.3 Å². The second-order valence-corrected chi connectivity index (χ2v) is 3.67. The molecule has 0 heterocycles. The van der Waals surface area contributed by atoms with E-state index in [1.165, 1.54) is 11.1 Å². The van der Waals surface area contributed by atoms with E-state index in [1.807, 2.05) is 105 Å². The average Bonchev–Trinajstić information content (AvgIpc) is 2.70. The first-order valence-electron chi connectivity index (χ1n) is 9.27. The summed E-state index contributed by atoms with van der Waals surface area (Å²) in [5.74, 6) is 2.55. The van der Waals surface area contributed by atoms with Crippen LogP contribution in [-0.4, -0.2) is 0 Å². The molecule has 0 aliphatic heterocycles. The molecule has 0 bridgehead atoms. The molecule has 0 aliphatic carbocycles. The van der Waals surface area contributed by atoms with E-state index in [2.05, 4.69) is 25.0 Å². The summed E-state index contributed by atoms with van der Waals surface area (Å²) in [6.45, 7) is 20.1. The molecule has 136 valence electrons. The molecule has 24 heavy (non-hydrogen) atoms. The van der Waals surface area contributed by atoms with Gasteiger partial charge in [0.1, 0.15) is 0 Å². The molecule has 0 saturated carbocycles. The molecule has 0 unspecified atom stereocenters. The Morgan fingerprint density at radius 1 is 0.542 bits per heavy atom. The van der Waals surface area contributed by atoms with E-state index in [0.717, 1.165) is 5.56 Å².